The van der Waals surface area contributed by atoms with E-state index in [9.17, 15) is 0 Å². The predicted octanol–water partition coefficient (Wildman–Crippen LogP) is 2.91. The molecule has 0 unspecified atom stereocenters. The van der Waals surface area contributed by atoms with Gasteiger partial charge in [-0.15, -0.1) is 0 Å². The van der Waals surface area contributed by atoms with Crippen LogP contribution in [0.4, 0.5) is 0 Å². The Hall–Kier alpha value is -0.0400. The van der Waals surface area contributed by atoms with Gasteiger partial charge in [0.25, 0.3) is 0 Å². The van der Waals surface area contributed by atoms with Crippen molar-refractivity contribution >= 4 is 0 Å². The molecule has 0 aliphatic carbocycles. The molecule has 0 atom stereocenters. The minimum Gasteiger partial charge on any atom is -0.298 e. The van der Waals surface area contributed by atoms with Crippen molar-refractivity contribution in [2.45, 2.75) is 53.0 Å². The summed E-state index contributed by atoms with van der Waals surface area (Å²) in [7, 11) is 0. The Morgan fingerprint density at radius 3 is 1.45 bits per heavy atom. The van der Waals surface area contributed by atoms with Crippen molar-refractivity contribution in [1.29, 1.82) is 0 Å². The number of nitrogens with zero attached hydrogens (tertiary/aromatic N) is 1. The van der Waals surface area contributed by atoms with Crippen molar-refractivity contribution in [3.8, 4) is 0 Å². The largest absolute Gasteiger partial charge is 0.298 e. The second kappa shape index (κ2) is 4.76. The highest BCUT2D eigenvalue weighted by molar-refractivity contribution is 4.79. The van der Waals surface area contributed by atoms with E-state index >= 15 is 0 Å². The lowest BCUT2D eigenvalue weighted by Crippen LogP contribution is -2.38. The average molecular weight is 157 g/mol. The summed E-state index contributed by atoms with van der Waals surface area (Å²) in [5, 5.41) is 0. The van der Waals surface area contributed by atoms with Gasteiger partial charge in [-0.2, -0.15) is 0 Å². The van der Waals surface area contributed by atoms with Crippen molar-refractivity contribution in [3.05, 3.63) is 0 Å². The smallest absolute Gasteiger partial charge is 0.0125 e. The van der Waals surface area contributed by atoms with Crippen LogP contribution in [0.3, 0.4) is 0 Å². The fourth-order valence-corrected chi connectivity index (χ4v) is 1.39. The van der Waals surface area contributed by atoms with E-state index in [-0.39, 0.29) is 0 Å². The molecule has 0 aromatic rings. The van der Waals surface area contributed by atoms with Crippen LogP contribution in [0.2, 0.25) is 0 Å². The Bertz CT molecular complexity index is 85.5. The van der Waals surface area contributed by atoms with Crippen LogP contribution in [0, 0.1) is 0 Å². The van der Waals surface area contributed by atoms with Gasteiger partial charge in [-0.3, -0.25) is 4.90 Å². The molecular weight excluding hydrogens is 134 g/mol. The standard InChI is InChI=1S/C8H17N.C2H6/c1-8(2,3)9-6-4-5-7-9;1-2/h4-7H2,1-3H3;1-2H3. The van der Waals surface area contributed by atoms with Gasteiger partial charge in [-0.05, 0) is 46.7 Å². The van der Waals surface area contributed by atoms with Crippen molar-refractivity contribution in [3.63, 3.8) is 0 Å². The molecule has 1 heteroatoms. The van der Waals surface area contributed by atoms with Gasteiger partial charge in [0.2, 0.25) is 0 Å². The van der Waals surface area contributed by atoms with Crippen molar-refractivity contribution in [2.24, 2.45) is 0 Å². The molecule has 0 amide bonds. The van der Waals surface area contributed by atoms with E-state index in [0.29, 0.717) is 5.54 Å². The molecule has 0 aromatic carbocycles. The molecule has 0 bridgehead atoms. The lowest BCUT2D eigenvalue weighted by molar-refractivity contribution is 0.175. The molecule has 1 aliphatic heterocycles. The Morgan fingerprint density at radius 2 is 1.27 bits per heavy atom. The summed E-state index contributed by atoms with van der Waals surface area (Å²) in [6.07, 6.45) is 2.80. The number of hydrogen-bond donors (Lipinski definition) is 0. The molecule has 1 rings (SSSR count). The van der Waals surface area contributed by atoms with Crippen LogP contribution in [0.5, 0.6) is 0 Å². The quantitative estimate of drug-likeness (QED) is 0.522. The fraction of sp³-hybridized carbons (Fsp3) is 1.00. The second-order valence-electron chi connectivity index (χ2n) is 3.86. The maximum absolute atomic E-state index is 2.55. The Morgan fingerprint density at radius 1 is 0.909 bits per heavy atom. The van der Waals surface area contributed by atoms with E-state index in [2.05, 4.69) is 25.7 Å². The third-order valence-electron chi connectivity index (χ3n) is 2.05. The lowest BCUT2D eigenvalue weighted by Gasteiger charge is -2.31. The van der Waals surface area contributed by atoms with Gasteiger partial charge in [0.15, 0.2) is 0 Å². The molecular formula is C10H23N. The van der Waals surface area contributed by atoms with Gasteiger partial charge in [0, 0.05) is 5.54 Å². The summed E-state index contributed by atoms with van der Waals surface area (Å²) in [5.74, 6) is 0. The minimum atomic E-state index is 0.413. The predicted molar refractivity (Wildman–Crippen MR) is 51.9 cm³/mol. The molecule has 1 fully saturated rings. The van der Waals surface area contributed by atoms with E-state index in [0.717, 1.165) is 0 Å². The van der Waals surface area contributed by atoms with E-state index in [1.165, 1.54) is 25.9 Å². The van der Waals surface area contributed by atoms with Crippen LogP contribution in [0.25, 0.3) is 0 Å². The summed E-state index contributed by atoms with van der Waals surface area (Å²) in [5.41, 5.74) is 0.413. The van der Waals surface area contributed by atoms with E-state index in [1.807, 2.05) is 13.8 Å². The van der Waals surface area contributed by atoms with Gasteiger partial charge >= 0.3 is 0 Å². The van der Waals surface area contributed by atoms with E-state index < -0.39 is 0 Å². The van der Waals surface area contributed by atoms with E-state index in [1.54, 1.807) is 0 Å². The fourth-order valence-electron chi connectivity index (χ4n) is 1.39. The molecule has 0 N–H and O–H groups in total. The first kappa shape index (κ1) is 11.0. The molecule has 11 heavy (non-hydrogen) atoms. The van der Waals surface area contributed by atoms with Crippen molar-refractivity contribution < 1.29 is 0 Å². The van der Waals surface area contributed by atoms with Gasteiger partial charge < -0.3 is 0 Å². The number of hydrogen-bond acceptors (Lipinski definition) is 1. The maximum atomic E-state index is 2.55. The lowest BCUT2D eigenvalue weighted by atomic mass is 10.1. The molecule has 1 nitrogen and oxygen atoms in total. The normalized spacial score (nSPS) is 19.4. The summed E-state index contributed by atoms with van der Waals surface area (Å²) < 4.78 is 0. The molecule has 68 valence electrons. The highest BCUT2D eigenvalue weighted by atomic mass is 15.2. The molecule has 0 radical (unpaired) electrons. The first-order chi connectivity index (χ1) is 5.11. The summed E-state index contributed by atoms with van der Waals surface area (Å²) in [4.78, 5) is 2.55. The Labute approximate surface area is 71.8 Å². The summed E-state index contributed by atoms with van der Waals surface area (Å²) in [6, 6.07) is 0. The van der Waals surface area contributed by atoms with Gasteiger partial charge in [0.05, 0.1) is 0 Å². The van der Waals surface area contributed by atoms with Crippen LogP contribution < -0.4 is 0 Å². The summed E-state index contributed by atoms with van der Waals surface area (Å²) >= 11 is 0. The van der Waals surface area contributed by atoms with Crippen LogP contribution in [0.15, 0.2) is 0 Å². The zero-order valence-corrected chi connectivity index (χ0v) is 8.78. The Kier molecular flexibility index (Phi) is 4.74. The molecule has 1 aliphatic rings. The maximum Gasteiger partial charge on any atom is 0.0125 e. The minimum absolute atomic E-state index is 0.413. The van der Waals surface area contributed by atoms with Gasteiger partial charge in [-0.25, -0.2) is 0 Å². The van der Waals surface area contributed by atoms with Gasteiger partial charge in [-0.1, -0.05) is 13.8 Å². The van der Waals surface area contributed by atoms with E-state index in [4.69, 9.17) is 0 Å². The van der Waals surface area contributed by atoms with Crippen molar-refractivity contribution in [1.82, 2.24) is 4.90 Å². The molecule has 0 saturated carbocycles. The topological polar surface area (TPSA) is 3.24 Å². The van der Waals surface area contributed by atoms with Gasteiger partial charge in [0.1, 0.15) is 0 Å². The van der Waals surface area contributed by atoms with Crippen molar-refractivity contribution in [2.75, 3.05) is 13.1 Å². The van der Waals surface area contributed by atoms with Crippen LogP contribution in [0.1, 0.15) is 47.5 Å². The second-order valence-corrected chi connectivity index (χ2v) is 3.86. The zero-order valence-electron chi connectivity index (χ0n) is 8.78. The van der Waals surface area contributed by atoms with Crippen LogP contribution in [-0.4, -0.2) is 23.5 Å². The Balaban J connectivity index is 0.000000461. The number of rotatable bonds is 0. The molecule has 1 saturated heterocycles. The highest BCUT2D eigenvalue weighted by Gasteiger charge is 2.23. The van der Waals surface area contributed by atoms with Crippen LogP contribution >= 0.6 is 0 Å². The molecule has 1 heterocycles. The third-order valence-corrected chi connectivity index (χ3v) is 2.05. The zero-order chi connectivity index (χ0) is 8.91. The first-order valence-corrected chi connectivity index (χ1v) is 4.86. The third kappa shape index (κ3) is 3.76. The highest BCUT2D eigenvalue weighted by Crippen LogP contribution is 2.19. The monoisotopic (exact) mass is 157 g/mol. The van der Waals surface area contributed by atoms with Crippen LogP contribution in [-0.2, 0) is 0 Å². The summed E-state index contributed by atoms with van der Waals surface area (Å²) in [6.45, 7) is 13.5. The first-order valence-electron chi connectivity index (χ1n) is 4.86. The SMILES string of the molecule is CC.CC(C)(C)N1CCCC1. The molecule has 0 aromatic heterocycles. The number of likely N-dealkylation sites (tertiary alicyclic amines) is 1. The molecule has 0 spiro atoms. The average Bonchev–Trinajstić information content (AvgIpc) is 2.40.